The second-order valence-corrected chi connectivity index (χ2v) is 2.51. The van der Waals surface area contributed by atoms with Crippen LogP contribution in [0, 0.1) is 5.92 Å². The largest absolute Gasteiger partial charge is 0.314 e. The third-order valence-electron chi connectivity index (χ3n) is 1.92. The highest BCUT2D eigenvalue weighted by atomic mass is 14.9. The Kier molecular flexibility index (Phi) is 1.33. The van der Waals surface area contributed by atoms with Gasteiger partial charge in [-0.25, -0.2) is 0 Å². The summed E-state index contributed by atoms with van der Waals surface area (Å²) in [6, 6.07) is 0.764. The molecule has 0 aliphatic carbocycles. The average molecular weight is 99.2 g/mol. The first-order valence-electron chi connectivity index (χ1n) is 3.04. The van der Waals surface area contributed by atoms with Crippen LogP contribution < -0.4 is 5.32 Å². The van der Waals surface area contributed by atoms with Crippen LogP contribution in [-0.4, -0.2) is 12.6 Å². The lowest BCUT2D eigenvalue weighted by Gasteiger charge is -2.05. The van der Waals surface area contributed by atoms with Crippen molar-refractivity contribution in [1.82, 2.24) is 5.32 Å². The second kappa shape index (κ2) is 1.83. The molecule has 0 unspecified atom stereocenters. The molecule has 0 radical (unpaired) electrons. The Morgan fingerprint density at radius 2 is 2.14 bits per heavy atom. The monoisotopic (exact) mass is 99.1 g/mol. The van der Waals surface area contributed by atoms with Gasteiger partial charge in [-0.15, -0.1) is 0 Å². The van der Waals surface area contributed by atoms with Crippen LogP contribution in [0.4, 0.5) is 0 Å². The van der Waals surface area contributed by atoms with Gasteiger partial charge in [0.1, 0.15) is 0 Å². The number of rotatable bonds is 0. The normalized spacial score (nSPS) is 42.0. The average Bonchev–Trinajstić information content (AvgIpc) is 1.91. The Labute approximate surface area is 45.1 Å². The zero-order chi connectivity index (χ0) is 5.28. The summed E-state index contributed by atoms with van der Waals surface area (Å²) in [5.74, 6) is 0.903. The van der Waals surface area contributed by atoms with E-state index >= 15 is 0 Å². The molecule has 0 aromatic rings. The minimum absolute atomic E-state index is 0.764. The van der Waals surface area contributed by atoms with E-state index in [1.54, 1.807) is 0 Å². The van der Waals surface area contributed by atoms with Crippen LogP contribution in [0.3, 0.4) is 0 Å². The van der Waals surface area contributed by atoms with Gasteiger partial charge >= 0.3 is 0 Å². The van der Waals surface area contributed by atoms with Crippen molar-refractivity contribution in [2.75, 3.05) is 6.54 Å². The molecule has 0 bridgehead atoms. The van der Waals surface area contributed by atoms with E-state index in [2.05, 4.69) is 19.2 Å². The summed E-state index contributed by atoms with van der Waals surface area (Å²) >= 11 is 0. The van der Waals surface area contributed by atoms with Gasteiger partial charge in [0.15, 0.2) is 0 Å². The van der Waals surface area contributed by atoms with Gasteiger partial charge in [-0.2, -0.15) is 0 Å². The standard InChI is InChI=1S/C6H13N/c1-5-3-4-7-6(5)2/h5-7H,3-4H2,1-2H3/t5-,6+/m1/s1. The molecule has 1 N–H and O–H groups in total. The second-order valence-electron chi connectivity index (χ2n) is 2.51. The minimum Gasteiger partial charge on any atom is -0.314 e. The number of hydrogen-bond donors (Lipinski definition) is 1. The number of hydrogen-bond acceptors (Lipinski definition) is 1. The van der Waals surface area contributed by atoms with E-state index in [1.807, 2.05) is 0 Å². The van der Waals surface area contributed by atoms with Crippen molar-refractivity contribution in [3.63, 3.8) is 0 Å². The fourth-order valence-electron chi connectivity index (χ4n) is 0.990. The molecule has 1 heterocycles. The van der Waals surface area contributed by atoms with Crippen molar-refractivity contribution in [3.05, 3.63) is 0 Å². The minimum atomic E-state index is 0.764. The summed E-state index contributed by atoms with van der Waals surface area (Å²) in [7, 11) is 0. The van der Waals surface area contributed by atoms with Crippen molar-refractivity contribution in [2.45, 2.75) is 26.3 Å². The smallest absolute Gasteiger partial charge is 0.00648 e. The topological polar surface area (TPSA) is 12.0 Å². The van der Waals surface area contributed by atoms with Gasteiger partial charge in [0.05, 0.1) is 0 Å². The first-order valence-corrected chi connectivity index (χ1v) is 3.04. The van der Waals surface area contributed by atoms with Gasteiger partial charge in [0.25, 0.3) is 0 Å². The van der Waals surface area contributed by atoms with Gasteiger partial charge in [-0.3, -0.25) is 0 Å². The Morgan fingerprint density at radius 1 is 1.43 bits per heavy atom. The fraction of sp³-hybridized carbons (Fsp3) is 1.00. The predicted molar refractivity (Wildman–Crippen MR) is 31.2 cm³/mol. The van der Waals surface area contributed by atoms with Crippen molar-refractivity contribution in [1.29, 1.82) is 0 Å². The molecule has 0 saturated carbocycles. The van der Waals surface area contributed by atoms with Gasteiger partial charge in [-0.05, 0) is 25.8 Å². The lowest BCUT2D eigenvalue weighted by atomic mass is 10.1. The zero-order valence-corrected chi connectivity index (χ0v) is 5.07. The van der Waals surface area contributed by atoms with Crippen molar-refractivity contribution < 1.29 is 0 Å². The molecule has 1 nitrogen and oxygen atoms in total. The van der Waals surface area contributed by atoms with Gasteiger partial charge in [0.2, 0.25) is 0 Å². The molecule has 0 spiro atoms. The van der Waals surface area contributed by atoms with Crippen LogP contribution in [0.15, 0.2) is 0 Å². The van der Waals surface area contributed by atoms with Crippen LogP contribution in [0.5, 0.6) is 0 Å². The highest BCUT2D eigenvalue weighted by molar-refractivity contribution is 4.75. The maximum Gasteiger partial charge on any atom is 0.00648 e. The maximum absolute atomic E-state index is 3.37. The lowest BCUT2D eigenvalue weighted by Crippen LogP contribution is -2.20. The lowest BCUT2D eigenvalue weighted by molar-refractivity contribution is 0.519. The molecule has 2 atom stereocenters. The Balaban J connectivity index is 2.33. The Bertz CT molecular complexity index is 53.2. The first-order chi connectivity index (χ1) is 3.30. The molecule has 1 rings (SSSR count). The molecule has 0 amide bonds. The molecule has 1 fully saturated rings. The quantitative estimate of drug-likeness (QED) is 0.478. The van der Waals surface area contributed by atoms with Crippen molar-refractivity contribution in [3.8, 4) is 0 Å². The van der Waals surface area contributed by atoms with E-state index in [0.717, 1.165) is 12.0 Å². The van der Waals surface area contributed by atoms with Crippen LogP contribution in [-0.2, 0) is 0 Å². The highest BCUT2D eigenvalue weighted by Gasteiger charge is 2.16. The van der Waals surface area contributed by atoms with E-state index < -0.39 is 0 Å². The molecule has 42 valence electrons. The molecular weight excluding hydrogens is 86.1 g/mol. The molecule has 0 aromatic heterocycles. The highest BCUT2D eigenvalue weighted by Crippen LogP contribution is 2.12. The van der Waals surface area contributed by atoms with Crippen LogP contribution in [0.1, 0.15) is 20.3 Å². The predicted octanol–water partition coefficient (Wildman–Crippen LogP) is 1.00. The molecule has 1 aliphatic heterocycles. The molecule has 7 heavy (non-hydrogen) atoms. The summed E-state index contributed by atoms with van der Waals surface area (Å²) in [5, 5.41) is 3.37. The van der Waals surface area contributed by atoms with Crippen LogP contribution >= 0.6 is 0 Å². The molecular formula is C6H13N. The summed E-state index contributed by atoms with van der Waals surface area (Å²) < 4.78 is 0. The van der Waals surface area contributed by atoms with Gasteiger partial charge in [-0.1, -0.05) is 6.92 Å². The van der Waals surface area contributed by atoms with Crippen LogP contribution in [0.2, 0.25) is 0 Å². The van der Waals surface area contributed by atoms with E-state index in [9.17, 15) is 0 Å². The summed E-state index contributed by atoms with van der Waals surface area (Å²) in [5.41, 5.74) is 0. The number of nitrogens with one attached hydrogen (secondary N) is 1. The van der Waals surface area contributed by atoms with Crippen molar-refractivity contribution >= 4 is 0 Å². The Hall–Kier alpha value is -0.0400. The third-order valence-corrected chi connectivity index (χ3v) is 1.92. The van der Waals surface area contributed by atoms with E-state index in [4.69, 9.17) is 0 Å². The van der Waals surface area contributed by atoms with Gasteiger partial charge < -0.3 is 5.32 Å². The van der Waals surface area contributed by atoms with E-state index in [1.165, 1.54) is 13.0 Å². The zero-order valence-electron chi connectivity index (χ0n) is 5.07. The summed E-state index contributed by atoms with van der Waals surface area (Å²) in [6.45, 7) is 5.77. The van der Waals surface area contributed by atoms with Crippen LogP contribution in [0.25, 0.3) is 0 Å². The maximum atomic E-state index is 3.37. The summed E-state index contributed by atoms with van der Waals surface area (Å²) in [4.78, 5) is 0. The fourth-order valence-corrected chi connectivity index (χ4v) is 0.990. The molecule has 1 heteroatoms. The third kappa shape index (κ3) is 0.942. The molecule has 1 saturated heterocycles. The van der Waals surface area contributed by atoms with E-state index in [0.29, 0.717) is 0 Å². The first kappa shape index (κ1) is 5.10. The van der Waals surface area contributed by atoms with E-state index in [-0.39, 0.29) is 0 Å². The Morgan fingerprint density at radius 3 is 2.29 bits per heavy atom. The molecule has 1 aliphatic rings. The van der Waals surface area contributed by atoms with Gasteiger partial charge in [0, 0.05) is 6.04 Å². The SMILES string of the molecule is C[C@@H]1CCN[C@H]1C. The van der Waals surface area contributed by atoms with Crippen molar-refractivity contribution in [2.24, 2.45) is 5.92 Å². The molecule has 0 aromatic carbocycles. The summed E-state index contributed by atoms with van der Waals surface area (Å²) in [6.07, 6.45) is 1.36.